The molecule has 0 aliphatic carbocycles. The molecule has 7 nitrogen and oxygen atoms in total. The van der Waals surface area contributed by atoms with E-state index in [4.69, 9.17) is 5.73 Å². The highest BCUT2D eigenvalue weighted by molar-refractivity contribution is 5.95. The number of phenolic OH excluding ortho intramolecular Hbond substituents is 1. The van der Waals surface area contributed by atoms with E-state index in [2.05, 4.69) is 5.32 Å². The van der Waals surface area contributed by atoms with Crippen LogP contribution in [-0.4, -0.2) is 40.2 Å². The Bertz CT molecular complexity index is 893. The molecule has 2 aromatic carbocycles. The highest BCUT2D eigenvalue weighted by Gasteiger charge is 2.31. The Morgan fingerprint density at radius 2 is 1.79 bits per heavy atom. The van der Waals surface area contributed by atoms with Gasteiger partial charge in [-0.05, 0) is 55.2 Å². The van der Waals surface area contributed by atoms with E-state index in [9.17, 15) is 19.5 Å². The molecule has 1 fully saturated rings. The Balaban J connectivity index is 1.58. The number of carbonyl (C=O) groups is 3. The van der Waals surface area contributed by atoms with Crippen LogP contribution in [0.15, 0.2) is 48.5 Å². The van der Waals surface area contributed by atoms with Crippen molar-refractivity contribution >= 4 is 23.3 Å². The summed E-state index contributed by atoms with van der Waals surface area (Å²) < 4.78 is 0. The summed E-state index contributed by atoms with van der Waals surface area (Å²) in [5.41, 5.74) is 7.94. The first kappa shape index (κ1) is 20.5. The van der Waals surface area contributed by atoms with Gasteiger partial charge in [0.25, 0.3) is 0 Å². The maximum Gasteiger partial charge on any atom is 0.245 e. The van der Waals surface area contributed by atoms with Crippen LogP contribution in [-0.2, 0) is 20.8 Å². The van der Waals surface area contributed by atoms with Crippen LogP contribution in [0.25, 0.3) is 0 Å². The molecule has 3 rings (SSSR count). The molecule has 2 amide bonds. The second-order valence-corrected chi connectivity index (χ2v) is 7.29. The van der Waals surface area contributed by atoms with Gasteiger partial charge >= 0.3 is 0 Å². The van der Waals surface area contributed by atoms with E-state index in [0.717, 1.165) is 18.4 Å². The quantitative estimate of drug-likeness (QED) is 0.694. The molecule has 0 aromatic heterocycles. The summed E-state index contributed by atoms with van der Waals surface area (Å²) in [5.74, 6) is -0.302. The first-order chi connectivity index (χ1) is 13.8. The van der Waals surface area contributed by atoms with Gasteiger partial charge in [-0.25, -0.2) is 0 Å². The van der Waals surface area contributed by atoms with Crippen LogP contribution >= 0.6 is 0 Å². The first-order valence-corrected chi connectivity index (χ1v) is 9.59. The number of hydrogen-bond donors (Lipinski definition) is 3. The van der Waals surface area contributed by atoms with E-state index in [0.29, 0.717) is 17.8 Å². The highest BCUT2D eigenvalue weighted by Crippen LogP contribution is 2.21. The number of ketones is 1. The molecule has 0 spiro atoms. The zero-order chi connectivity index (χ0) is 21.0. The number of rotatable bonds is 6. The summed E-state index contributed by atoms with van der Waals surface area (Å²) in [6.45, 7) is 2.14. The number of carbonyl (C=O) groups excluding carboxylic acids is 3. The van der Waals surface area contributed by atoms with Gasteiger partial charge in [0.05, 0.1) is 12.5 Å². The van der Waals surface area contributed by atoms with Gasteiger partial charge in [0.2, 0.25) is 11.8 Å². The minimum Gasteiger partial charge on any atom is -0.508 e. The predicted molar refractivity (Wildman–Crippen MR) is 109 cm³/mol. The molecule has 1 heterocycles. The third-order valence-electron chi connectivity index (χ3n) is 5.15. The molecule has 152 valence electrons. The van der Waals surface area contributed by atoms with E-state index >= 15 is 0 Å². The van der Waals surface area contributed by atoms with Crippen LogP contribution in [0, 0.1) is 0 Å². The smallest absolute Gasteiger partial charge is 0.245 e. The molecule has 1 aliphatic rings. The number of phenols is 1. The average Bonchev–Trinajstić information content (AvgIpc) is 3.20. The molecule has 2 aromatic rings. The number of likely N-dealkylation sites (tertiary alicyclic amines) is 1. The van der Waals surface area contributed by atoms with Crippen molar-refractivity contribution in [3.05, 3.63) is 59.7 Å². The van der Waals surface area contributed by atoms with E-state index in [-0.39, 0.29) is 35.8 Å². The second-order valence-electron chi connectivity index (χ2n) is 7.29. The van der Waals surface area contributed by atoms with Gasteiger partial charge in [-0.2, -0.15) is 0 Å². The normalized spacial score (nSPS) is 17.0. The number of nitrogens with two attached hydrogens (primary N) is 1. The molecular weight excluding hydrogens is 370 g/mol. The fourth-order valence-electron chi connectivity index (χ4n) is 3.52. The van der Waals surface area contributed by atoms with Gasteiger partial charge in [-0.1, -0.05) is 24.3 Å². The maximum absolute atomic E-state index is 12.5. The number of nitrogens with one attached hydrogen (secondary N) is 1. The lowest BCUT2D eigenvalue weighted by Crippen LogP contribution is -2.40. The van der Waals surface area contributed by atoms with Crippen molar-refractivity contribution in [1.82, 2.24) is 4.90 Å². The molecule has 7 heteroatoms. The van der Waals surface area contributed by atoms with Crippen LogP contribution in [0.1, 0.15) is 36.9 Å². The number of anilines is 1. The van der Waals surface area contributed by atoms with Gasteiger partial charge in [-0.3, -0.25) is 14.4 Å². The van der Waals surface area contributed by atoms with Crippen LogP contribution in [0.3, 0.4) is 0 Å². The summed E-state index contributed by atoms with van der Waals surface area (Å²) in [4.78, 5) is 38.2. The monoisotopic (exact) mass is 395 g/mol. The van der Waals surface area contributed by atoms with Crippen molar-refractivity contribution in [2.75, 3.05) is 11.9 Å². The molecule has 29 heavy (non-hydrogen) atoms. The van der Waals surface area contributed by atoms with Crippen LogP contribution in [0.5, 0.6) is 5.75 Å². The summed E-state index contributed by atoms with van der Waals surface area (Å²) in [6, 6.07) is 12.0. The summed E-state index contributed by atoms with van der Waals surface area (Å²) in [6.07, 6.45) is 1.79. The van der Waals surface area contributed by atoms with Gasteiger partial charge < -0.3 is 21.1 Å². The third-order valence-corrected chi connectivity index (χ3v) is 5.15. The molecule has 0 radical (unpaired) electrons. The molecule has 1 aliphatic heterocycles. The number of amides is 2. The van der Waals surface area contributed by atoms with E-state index in [1.807, 2.05) is 0 Å². The Hall–Kier alpha value is -3.19. The molecule has 0 saturated carbocycles. The van der Waals surface area contributed by atoms with Crippen LogP contribution in [0.4, 0.5) is 5.69 Å². The van der Waals surface area contributed by atoms with Crippen molar-refractivity contribution in [2.45, 2.75) is 38.3 Å². The van der Waals surface area contributed by atoms with E-state index in [1.54, 1.807) is 41.3 Å². The van der Waals surface area contributed by atoms with Crippen LogP contribution in [0.2, 0.25) is 0 Å². The Morgan fingerprint density at radius 1 is 1.14 bits per heavy atom. The topological polar surface area (TPSA) is 113 Å². The molecular formula is C22H25N3O4. The third kappa shape index (κ3) is 5.00. The largest absolute Gasteiger partial charge is 0.508 e. The summed E-state index contributed by atoms with van der Waals surface area (Å²) in [5, 5.41) is 12.1. The van der Waals surface area contributed by atoms with Crippen molar-refractivity contribution in [2.24, 2.45) is 5.73 Å². The lowest BCUT2D eigenvalue weighted by Gasteiger charge is -2.22. The van der Waals surface area contributed by atoms with Gasteiger partial charge in [0.1, 0.15) is 11.8 Å². The minimum atomic E-state index is -0.865. The summed E-state index contributed by atoms with van der Waals surface area (Å²) in [7, 11) is 0. The molecule has 2 atom stereocenters. The van der Waals surface area contributed by atoms with Crippen molar-refractivity contribution in [1.29, 1.82) is 0 Å². The zero-order valence-electron chi connectivity index (χ0n) is 16.3. The SMILES string of the molecule is CC(=O)[C@H]1CCCN1C(=O)Cc1ccc(NC(=O)[C@@H](N)c2ccc(O)cc2)cc1. The van der Waals surface area contributed by atoms with Crippen molar-refractivity contribution in [3.8, 4) is 5.75 Å². The highest BCUT2D eigenvalue weighted by atomic mass is 16.3. The van der Waals surface area contributed by atoms with Crippen LogP contribution < -0.4 is 11.1 Å². The number of nitrogens with zero attached hydrogens (tertiary/aromatic N) is 1. The average molecular weight is 395 g/mol. The van der Waals surface area contributed by atoms with E-state index in [1.165, 1.54) is 19.1 Å². The number of Topliss-reactive ketones (excluding diaryl/α,β-unsaturated/α-hetero) is 1. The van der Waals surface area contributed by atoms with Gasteiger partial charge in [-0.15, -0.1) is 0 Å². The lowest BCUT2D eigenvalue weighted by atomic mass is 10.1. The minimum absolute atomic E-state index is 0.0267. The fraction of sp³-hybridized carbons (Fsp3) is 0.318. The first-order valence-electron chi connectivity index (χ1n) is 9.59. The predicted octanol–water partition coefficient (Wildman–Crippen LogP) is 2.15. The second kappa shape index (κ2) is 8.87. The molecule has 0 unspecified atom stereocenters. The van der Waals surface area contributed by atoms with E-state index < -0.39 is 6.04 Å². The fourth-order valence-corrected chi connectivity index (χ4v) is 3.52. The molecule has 1 saturated heterocycles. The number of aromatic hydroxyl groups is 1. The van der Waals surface area contributed by atoms with Crippen molar-refractivity contribution < 1.29 is 19.5 Å². The van der Waals surface area contributed by atoms with Gasteiger partial charge in [0, 0.05) is 12.2 Å². The van der Waals surface area contributed by atoms with Crippen molar-refractivity contribution in [3.63, 3.8) is 0 Å². The Labute approximate surface area is 169 Å². The Morgan fingerprint density at radius 3 is 2.41 bits per heavy atom. The van der Waals surface area contributed by atoms with Gasteiger partial charge in [0.15, 0.2) is 5.78 Å². The Kier molecular flexibility index (Phi) is 6.29. The number of benzene rings is 2. The molecule has 4 N–H and O–H groups in total. The zero-order valence-corrected chi connectivity index (χ0v) is 16.3. The maximum atomic E-state index is 12.5. The lowest BCUT2D eigenvalue weighted by molar-refractivity contribution is -0.136. The summed E-state index contributed by atoms with van der Waals surface area (Å²) >= 11 is 0. The molecule has 0 bridgehead atoms. The number of hydrogen-bond acceptors (Lipinski definition) is 5. The standard InChI is InChI=1S/C22H25N3O4/c1-14(26)19-3-2-12-25(19)20(28)13-15-4-8-17(9-5-15)24-22(29)21(23)16-6-10-18(27)11-7-16/h4-11,19,21,27H,2-3,12-13,23H2,1H3,(H,24,29)/t19-,21+/m1/s1.